The molecule has 8 heteroatoms. The van der Waals surface area contributed by atoms with E-state index in [1.54, 1.807) is 29.2 Å². The molecule has 2 fully saturated rings. The van der Waals surface area contributed by atoms with E-state index < -0.39 is 23.7 Å². The van der Waals surface area contributed by atoms with Gasteiger partial charge >= 0.3 is 0 Å². The van der Waals surface area contributed by atoms with Crippen molar-refractivity contribution < 1.29 is 23.9 Å². The number of ether oxygens (including phenoxy) is 2. The van der Waals surface area contributed by atoms with Crippen LogP contribution in [0.2, 0.25) is 0 Å². The van der Waals surface area contributed by atoms with Crippen molar-refractivity contribution in [2.75, 3.05) is 46.5 Å². The van der Waals surface area contributed by atoms with Crippen LogP contribution in [0.1, 0.15) is 27.7 Å². The quantitative estimate of drug-likeness (QED) is 0.355. The van der Waals surface area contributed by atoms with Crippen LogP contribution in [0.25, 0.3) is 0 Å². The van der Waals surface area contributed by atoms with Crippen LogP contribution in [-0.2, 0) is 14.3 Å². The molecule has 0 aliphatic carbocycles. The molecule has 4 rings (SSSR count). The van der Waals surface area contributed by atoms with Crippen molar-refractivity contribution >= 4 is 28.8 Å². The molecule has 0 radical (unpaired) electrons. The molecule has 1 aromatic heterocycles. The van der Waals surface area contributed by atoms with Gasteiger partial charge in [-0.25, -0.2) is 0 Å². The van der Waals surface area contributed by atoms with E-state index in [0.717, 1.165) is 44.1 Å². The number of likely N-dealkylation sites (tertiary alicyclic amines) is 1. The predicted molar refractivity (Wildman–Crippen MR) is 116 cm³/mol. The summed E-state index contributed by atoms with van der Waals surface area (Å²) >= 11 is 1.46. The maximum absolute atomic E-state index is 13.4. The lowest BCUT2D eigenvalue weighted by Crippen LogP contribution is -2.39. The number of nitrogens with zero attached hydrogens (tertiary/aromatic N) is 2. The van der Waals surface area contributed by atoms with Crippen molar-refractivity contribution in [3.8, 4) is 5.75 Å². The predicted octanol–water partition coefficient (Wildman–Crippen LogP) is 2.43. The lowest BCUT2D eigenvalue weighted by atomic mass is 9.89. The second kappa shape index (κ2) is 9.72. The smallest absolute Gasteiger partial charge is 0.291 e. The molecule has 0 bridgehead atoms. The third-order valence-electron chi connectivity index (χ3n) is 5.85. The molecule has 3 heterocycles. The molecule has 2 unspecified atom stereocenters. The van der Waals surface area contributed by atoms with E-state index in [1.807, 2.05) is 17.5 Å². The molecule has 1 amide bonds. The number of benzene rings is 1. The van der Waals surface area contributed by atoms with Crippen LogP contribution < -0.4 is 4.74 Å². The number of amides is 1. The number of hydrogen-bond donors (Lipinski definition) is 0. The fourth-order valence-corrected chi connectivity index (χ4v) is 5.12. The third kappa shape index (κ3) is 4.56. The number of ketones is 2. The molecule has 0 N–H and O–H groups in total. The Bertz CT molecular complexity index is 939. The molecule has 7 nitrogen and oxygen atoms in total. The number of carbonyl (C=O) groups is 3. The standard InChI is InChI=1S/C23H26N2O5S/c1-29-17-6-2-5-16(15-17)21(26)19-20(18-7-3-14-31-18)25(23(28)22(19)27)9-4-8-24-10-12-30-13-11-24/h2-3,5-7,14-15,19-20H,4,8-13H2,1H3. The summed E-state index contributed by atoms with van der Waals surface area (Å²) in [5.74, 6) is -2.04. The van der Waals surface area contributed by atoms with Crippen molar-refractivity contribution in [3.05, 3.63) is 52.2 Å². The topological polar surface area (TPSA) is 76.2 Å². The van der Waals surface area contributed by atoms with Crippen LogP contribution in [0, 0.1) is 5.92 Å². The van der Waals surface area contributed by atoms with E-state index in [2.05, 4.69) is 4.90 Å². The van der Waals surface area contributed by atoms with Gasteiger partial charge in [-0.1, -0.05) is 18.2 Å². The Morgan fingerprint density at radius 3 is 2.68 bits per heavy atom. The Labute approximate surface area is 185 Å². The lowest BCUT2D eigenvalue weighted by Gasteiger charge is -2.29. The molecular weight excluding hydrogens is 416 g/mol. The third-order valence-corrected chi connectivity index (χ3v) is 6.80. The average molecular weight is 443 g/mol. The number of hydrogen-bond acceptors (Lipinski definition) is 7. The maximum Gasteiger partial charge on any atom is 0.291 e. The second-order valence-electron chi connectivity index (χ2n) is 7.70. The van der Waals surface area contributed by atoms with E-state index in [1.165, 1.54) is 18.4 Å². The highest BCUT2D eigenvalue weighted by Crippen LogP contribution is 2.40. The fourth-order valence-electron chi connectivity index (χ4n) is 4.25. The first-order valence-corrected chi connectivity index (χ1v) is 11.3. The SMILES string of the molecule is COc1cccc(C(=O)C2C(=O)C(=O)N(CCCN3CCOCC3)C2c2cccs2)c1. The second-order valence-corrected chi connectivity index (χ2v) is 8.68. The summed E-state index contributed by atoms with van der Waals surface area (Å²) in [7, 11) is 1.53. The minimum Gasteiger partial charge on any atom is -0.497 e. The molecule has 2 aromatic rings. The number of carbonyl (C=O) groups excluding carboxylic acids is 3. The highest BCUT2D eigenvalue weighted by atomic mass is 32.1. The van der Waals surface area contributed by atoms with Crippen molar-refractivity contribution in [2.45, 2.75) is 12.5 Å². The van der Waals surface area contributed by atoms with Gasteiger partial charge in [-0.3, -0.25) is 19.3 Å². The van der Waals surface area contributed by atoms with E-state index in [-0.39, 0.29) is 5.78 Å². The molecule has 1 aromatic carbocycles. The van der Waals surface area contributed by atoms with Gasteiger partial charge in [0.2, 0.25) is 5.78 Å². The molecule has 164 valence electrons. The summed E-state index contributed by atoms with van der Waals surface area (Å²) in [4.78, 5) is 44.0. The summed E-state index contributed by atoms with van der Waals surface area (Å²) < 4.78 is 10.6. The summed E-state index contributed by atoms with van der Waals surface area (Å²) in [6.07, 6.45) is 0.737. The minimum atomic E-state index is -1.04. The van der Waals surface area contributed by atoms with E-state index >= 15 is 0 Å². The van der Waals surface area contributed by atoms with E-state index in [0.29, 0.717) is 17.9 Å². The van der Waals surface area contributed by atoms with Crippen molar-refractivity contribution in [1.29, 1.82) is 0 Å². The Hall–Kier alpha value is -2.55. The Morgan fingerprint density at radius 1 is 1.16 bits per heavy atom. The zero-order valence-corrected chi connectivity index (χ0v) is 18.3. The molecule has 0 saturated carbocycles. The molecule has 2 saturated heterocycles. The number of rotatable bonds is 8. The van der Waals surface area contributed by atoms with Gasteiger partial charge in [0.1, 0.15) is 11.7 Å². The van der Waals surface area contributed by atoms with Gasteiger partial charge < -0.3 is 14.4 Å². The van der Waals surface area contributed by atoms with Crippen LogP contribution in [-0.4, -0.2) is 73.8 Å². The number of thiophene rings is 1. The van der Waals surface area contributed by atoms with Crippen molar-refractivity contribution in [3.63, 3.8) is 0 Å². The van der Waals surface area contributed by atoms with Gasteiger partial charge in [0, 0.05) is 36.6 Å². The van der Waals surface area contributed by atoms with Crippen molar-refractivity contribution in [2.24, 2.45) is 5.92 Å². The van der Waals surface area contributed by atoms with Crippen LogP contribution in [0.5, 0.6) is 5.75 Å². The van der Waals surface area contributed by atoms with Gasteiger partial charge in [0.15, 0.2) is 5.78 Å². The van der Waals surface area contributed by atoms with Gasteiger partial charge in [-0.15, -0.1) is 11.3 Å². The number of morpholine rings is 1. The van der Waals surface area contributed by atoms with E-state index in [9.17, 15) is 14.4 Å². The summed E-state index contributed by atoms with van der Waals surface area (Å²) in [5.41, 5.74) is 0.377. The largest absolute Gasteiger partial charge is 0.497 e. The van der Waals surface area contributed by atoms with Crippen LogP contribution in [0.3, 0.4) is 0 Å². The highest BCUT2D eigenvalue weighted by Gasteiger charge is 2.51. The van der Waals surface area contributed by atoms with Gasteiger partial charge in [-0.05, 0) is 30.0 Å². The van der Waals surface area contributed by atoms with Crippen LogP contribution in [0.4, 0.5) is 0 Å². The molecular formula is C23H26N2O5S. The van der Waals surface area contributed by atoms with Gasteiger partial charge in [0.05, 0.1) is 26.4 Å². The Balaban J connectivity index is 1.56. The van der Waals surface area contributed by atoms with Crippen LogP contribution in [0.15, 0.2) is 41.8 Å². The van der Waals surface area contributed by atoms with Crippen molar-refractivity contribution in [1.82, 2.24) is 9.80 Å². The summed E-state index contributed by atoms with van der Waals surface area (Å²) in [6.45, 7) is 4.45. The highest BCUT2D eigenvalue weighted by molar-refractivity contribution is 7.10. The molecule has 2 aliphatic heterocycles. The Kier molecular flexibility index (Phi) is 6.80. The van der Waals surface area contributed by atoms with Gasteiger partial charge in [0.25, 0.3) is 5.91 Å². The maximum atomic E-state index is 13.4. The van der Waals surface area contributed by atoms with E-state index in [4.69, 9.17) is 9.47 Å². The normalized spacial score (nSPS) is 22.2. The molecule has 31 heavy (non-hydrogen) atoms. The first-order valence-electron chi connectivity index (χ1n) is 10.5. The monoisotopic (exact) mass is 442 g/mol. The first kappa shape index (κ1) is 21.7. The van der Waals surface area contributed by atoms with Gasteiger partial charge in [-0.2, -0.15) is 0 Å². The molecule has 2 atom stereocenters. The lowest BCUT2D eigenvalue weighted by molar-refractivity contribution is -0.140. The number of Topliss-reactive ketones (excluding diaryl/α,β-unsaturated/α-hetero) is 2. The zero-order chi connectivity index (χ0) is 21.8. The molecule has 2 aliphatic rings. The Morgan fingerprint density at radius 2 is 1.97 bits per heavy atom. The summed E-state index contributed by atoms with van der Waals surface area (Å²) in [6, 6.07) is 9.94. The first-order chi connectivity index (χ1) is 15.1. The van der Waals surface area contributed by atoms with Crippen LogP contribution >= 0.6 is 11.3 Å². The molecule has 0 spiro atoms. The average Bonchev–Trinajstić information content (AvgIpc) is 3.42. The minimum absolute atomic E-state index is 0.341. The number of methoxy groups -OCH3 is 1. The fraction of sp³-hybridized carbons (Fsp3) is 0.435. The zero-order valence-electron chi connectivity index (χ0n) is 17.5. The summed E-state index contributed by atoms with van der Waals surface area (Å²) in [5, 5.41) is 1.90.